The SMILES string of the molecule is CC(C)C[C@@H]1NC(=O)CNC(=O)[C@@H]2CCCN2C(=O)[C@H](Cc2ccc(O)cc2)NC(=O)[C@H](Cc2ccccc2)NC(=O)[C@H](C)NC1=O. The Morgan fingerprint density at radius 2 is 1.36 bits per heavy atom. The van der Waals surface area contributed by atoms with Crippen LogP contribution in [0.3, 0.4) is 0 Å². The lowest BCUT2D eigenvalue weighted by Gasteiger charge is -2.30. The Balaban J connectivity index is 1.69. The van der Waals surface area contributed by atoms with E-state index < -0.39 is 72.2 Å². The molecule has 2 aromatic rings. The molecule has 2 saturated heterocycles. The van der Waals surface area contributed by atoms with Gasteiger partial charge in [0.15, 0.2) is 0 Å². The van der Waals surface area contributed by atoms with Crippen LogP contribution in [0.15, 0.2) is 54.6 Å². The molecule has 47 heavy (non-hydrogen) atoms. The van der Waals surface area contributed by atoms with Crippen molar-refractivity contribution in [3.05, 3.63) is 65.7 Å². The number of carbonyl (C=O) groups is 6. The van der Waals surface area contributed by atoms with Gasteiger partial charge in [0, 0.05) is 19.4 Å². The lowest BCUT2D eigenvalue weighted by molar-refractivity contribution is -0.142. The van der Waals surface area contributed by atoms with Crippen LogP contribution in [0.2, 0.25) is 0 Å². The van der Waals surface area contributed by atoms with Gasteiger partial charge in [0.1, 0.15) is 36.0 Å². The molecular weight excluding hydrogens is 604 g/mol. The van der Waals surface area contributed by atoms with Crippen molar-refractivity contribution in [3.8, 4) is 5.75 Å². The summed E-state index contributed by atoms with van der Waals surface area (Å²) in [4.78, 5) is 82.2. The van der Waals surface area contributed by atoms with Crippen LogP contribution in [0.1, 0.15) is 51.2 Å². The van der Waals surface area contributed by atoms with Crippen molar-refractivity contribution in [3.63, 3.8) is 0 Å². The molecule has 2 fully saturated rings. The molecule has 2 aliphatic heterocycles. The number of amides is 6. The molecule has 13 nitrogen and oxygen atoms in total. The third-order valence-corrected chi connectivity index (χ3v) is 8.28. The van der Waals surface area contributed by atoms with Gasteiger partial charge in [0.2, 0.25) is 35.4 Å². The van der Waals surface area contributed by atoms with Gasteiger partial charge in [-0.05, 0) is 55.4 Å². The van der Waals surface area contributed by atoms with E-state index in [0.717, 1.165) is 5.56 Å². The third-order valence-electron chi connectivity index (χ3n) is 8.28. The van der Waals surface area contributed by atoms with E-state index in [1.807, 2.05) is 32.0 Å². The van der Waals surface area contributed by atoms with Crippen molar-refractivity contribution in [2.24, 2.45) is 5.92 Å². The van der Waals surface area contributed by atoms with Gasteiger partial charge in [-0.1, -0.05) is 56.3 Å². The van der Waals surface area contributed by atoms with E-state index in [1.54, 1.807) is 24.3 Å². The molecule has 0 bridgehead atoms. The summed E-state index contributed by atoms with van der Waals surface area (Å²) >= 11 is 0. The van der Waals surface area contributed by atoms with Crippen LogP contribution in [-0.4, -0.2) is 88.7 Å². The Hall–Kier alpha value is -4.94. The second kappa shape index (κ2) is 16.1. The number of nitrogens with one attached hydrogen (secondary N) is 5. The zero-order chi connectivity index (χ0) is 34.1. The first kappa shape index (κ1) is 34.9. The molecule has 4 rings (SSSR count). The zero-order valence-corrected chi connectivity index (χ0v) is 27.0. The first-order valence-corrected chi connectivity index (χ1v) is 16.0. The summed E-state index contributed by atoms with van der Waals surface area (Å²) in [6, 6.07) is 10.1. The maximum absolute atomic E-state index is 14.1. The van der Waals surface area contributed by atoms with Crippen LogP contribution in [0, 0.1) is 5.92 Å². The van der Waals surface area contributed by atoms with Crippen molar-refractivity contribution in [2.45, 2.75) is 83.1 Å². The molecule has 0 aromatic heterocycles. The van der Waals surface area contributed by atoms with Gasteiger partial charge in [0.05, 0.1) is 6.54 Å². The number of phenols is 1. The second-order valence-corrected chi connectivity index (χ2v) is 12.6. The summed E-state index contributed by atoms with van der Waals surface area (Å²) in [5.41, 5.74) is 1.40. The van der Waals surface area contributed by atoms with Gasteiger partial charge in [-0.25, -0.2) is 0 Å². The standard InChI is InChI=1S/C34H44N6O7/c1-20(2)16-25-31(44)36-21(3)30(43)38-26(17-22-8-5-4-6-9-22)32(45)39-27(18-23-11-13-24(41)14-12-23)34(47)40-15-7-10-28(40)33(46)35-19-29(42)37-25/h4-6,8-9,11-14,20-21,25-28,41H,7,10,15-19H2,1-3H3,(H,35,46)(H,36,44)(H,37,42)(H,38,43)(H,39,45)/t21-,25-,26-,27-,28-/m0/s1. The molecule has 0 spiro atoms. The van der Waals surface area contributed by atoms with Gasteiger partial charge >= 0.3 is 0 Å². The Bertz CT molecular complexity index is 1450. The molecule has 2 aliphatic rings. The van der Waals surface area contributed by atoms with E-state index in [-0.39, 0.29) is 37.5 Å². The number of carbonyl (C=O) groups excluding carboxylic acids is 6. The summed E-state index contributed by atoms with van der Waals surface area (Å²) in [6.07, 6.45) is 1.33. The molecule has 0 radical (unpaired) electrons. The van der Waals surface area contributed by atoms with Crippen LogP contribution in [0.5, 0.6) is 5.75 Å². The Kier molecular flexibility index (Phi) is 11.9. The number of nitrogens with zero attached hydrogens (tertiary/aromatic N) is 1. The lowest BCUT2D eigenvalue weighted by Crippen LogP contribution is -2.60. The highest BCUT2D eigenvalue weighted by molar-refractivity contribution is 5.97. The number of hydrogen-bond acceptors (Lipinski definition) is 7. The summed E-state index contributed by atoms with van der Waals surface area (Å²) in [5, 5.41) is 23.2. The molecule has 5 atom stereocenters. The van der Waals surface area contributed by atoms with E-state index in [0.29, 0.717) is 18.4 Å². The third kappa shape index (κ3) is 9.77. The summed E-state index contributed by atoms with van der Waals surface area (Å²) in [5.74, 6) is -3.36. The van der Waals surface area contributed by atoms with E-state index in [9.17, 15) is 33.9 Å². The second-order valence-electron chi connectivity index (χ2n) is 12.6. The lowest BCUT2D eigenvalue weighted by atomic mass is 10.0. The summed E-state index contributed by atoms with van der Waals surface area (Å²) in [6.45, 7) is 5.10. The topological polar surface area (TPSA) is 186 Å². The van der Waals surface area contributed by atoms with Crippen LogP contribution < -0.4 is 26.6 Å². The van der Waals surface area contributed by atoms with E-state index >= 15 is 0 Å². The molecule has 0 unspecified atom stereocenters. The number of rotatable bonds is 6. The van der Waals surface area contributed by atoms with Gasteiger partial charge in [-0.3, -0.25) is 28.8 Å². The minimum absolute atomic E-state index is 0.0224. The minimum atomic E-state index is -1.12. The van der Waals surface area contributed by atoms with Crippen molar-refractivity contribution in [1.29, 1.82) is 0 Å². The molecule has 6 amide bonds. The molecular formula is C34H44N6O7. The van der Waals surface area contributed by atoms with Crippen molar-refractivity contribution in [2.75, 3.05) is 13.1 Å². The molecule has 0 aliphatic carbocycles. The van der Waals surface area contributed by atoms with Crippen molar-refractivity contribution in [1.82, 2.24) is 31.5 Å². The van der Waals surface area contributed by atoms with Crippen LogP contribution in [0.4, 0.5) is 0 Å². The number of benzene rings is 2. The largest absolute Gasteiger partial charge is 0.508 e. The predicted octanol–water partition coefficient (Wildman–Crippen LogP) is 0.303. The predicted molar refractivity (Wildman–Crippen MR) is 173 cm³/mol. The molecule has 6 N–H and O–H groups in total. The minimum Gasteiger partial charge on any atom is -0.508 e. The normalized spacial score (nSPS) is 25.1. The van der Waals surface area contributed by atoms with Crippen LogP contribution >= 0.6 is 0 Å². The highest BCUT2D eigenvalue weighted by Gasteiger charge is 2.39. The first-order valence-electron chi connectivity index (χ1n) is 16.0. The first-order chi connectivity index (χ1) is 22.4. The van der Waals surface area contributed by atoms with Crippen molar-refractivity contribution < 1.29 is 33.9 Å². The highest BCUT2D eigenvalue weighted by Crippen LogP contribution is 2.21. The average Bonchev–Trinajstić information content (AvgIpc) is 3.53. The quantitative estimate of drug-likeness (QED) is 0.260. The fourth-order valence-corrected chi connectivity index (χ4v) is 5.81. The average molecular weight is 649 g/mol. The molecule has 2 heterocycles. The van der Waals surface area contributed by atoms with E-state index in [4.69, 9.17) is 0 Å². The molecule has 252 valence electrons. The Labute approximate surface area is 274 Å². The van der Waals surface area contributed by atoms with Crippen LogP contribution in [-0.2, 0) is 41.6 Å². The van der Waals surface area contributed by atoms with E-state index in [2.05, 4.69) is 26.6 Å². The van der Waals surface area contributed by atoms with Crippen molar-refractivity contribution >= 4 is 35.4 Å². The monoisotopic (exact) mass is 648 g/mol. The van der Waals surface area contributed by atoms with Gasteiger partial charge in [0.25, 0.3) is 0 Å². The molecule has 13 heteroatoms. The zero-order valence-electron chi connectivity index (χ0n) is 27.0. The highest BCUT2D eigenvalue weighted by atomic mass is 16.3. The summed E-state index contributed by atoms with van der Waals surface area (Å²) < 4.78 is 0. The fourth-order valence-electron chi connectivity index (χ4n) is 5.81. The number of aromatic hydroxyl groups is 1. The van der Waals surface area contributed by atoms with Crippen LogP contribution in [0.25, 0.3) is 0 Å². The fraction of sp³-hybridized carbons (Fsp3) is 0.471. The van der Waals surface area contributed by atoms with Gasteiger partial charge in [-0.15, -0.1) is 0 Å². The maximum Gasteiger partial charge on any atom is 0.246 e. The Morgan fingerprint density at radius 1 is 0.745 bits per heavy atom. The van der Waals surface area contributed by atoms with Gasteiger partial charge in [-0.2, -0.15) is 0 Å². The molecule has 0 saturated carbocycles. The number of fused-ring (bicyclic) bond motifs is 1. The Morgan fingerprint density at radius 3 is 2.04 bits per heavy atom. The van der Waals surface area contributed by atoms with Gasteiger partial charge < -0.3 is 36.6 Å². The number of phenolic OH excluding ortho intramolecular Hbond substituents is 1. The molecule has 2 aromatic carbocycles. The number of hydrogen-bond donors (Lipinski definition) is 6. The maximum atomic E-state index is 14.1. The van der Waals surface area contributed by atoms with E-state index in [1.165, 1.54) is 24.0 Å². The summed E-state index contributed by atoms with van der Waals surface area (Å²) in [7, 11) is 0. The smallest absolute Gasteiger partial charge is 0.246 e.